The zero-order valence-electron chi connectivity index (χ0n) is 18.3. The van der Waals surface area contributed by atoms with E-state index >= 15 is 0 Å². The molecule has 0 fully saturated rings. The van der Waals surface area contributed by atoms with E-state index < -0.39 is 0 Å². The molecule has 0 nitrogen and oxygen atoms in total. The molecule has 0 aromatic rings. The summed E-state index contributed by atoms with van der Waals surface area (Å²) >= 11 is 0. The van der Waals surface area contributed by atoms with Gasteiger partial charge < -0.3 is 13.8 Å². The Morgan fingerprint density at radius 2 is 1.00 bits per heavy atom. The normalized spacial score (nSPS) is 12.3. The Bertz CT molecular complexity index is 270. The molecule has 0 unspecified atom stereocenters. The van der Waals surface area contributed by atoms with E-state index in [1.54, 1.807) is 0 Å². The first-order valence-electron chi connectivity index (χ1n) is 10.8. The average molecular weight is 448 g/mol. The molecule has 0 aliphatic heterocycles. The summed E-state index contributed by atoms with van der Waals surface area (Å²) in [6.07, 6.45) is 36.0. The van der Waals surface area contributed by atoms with E-state index in [0.29, 0.717) is 0 Å². The average Bonchev–Trinajstić information content (AvgIpc) is 3.41. The smallest absolute Gasteiger partial charge is 0.343 e. The molecule has 0 radical (unpaired) electrons. The van der Waals surface area contributed by atoms with Gasteiger partial charge in [-0.1, -0.05) is 78.1 Å². The Morgan fingerprint density at radius 1 is 0.630 bits per heavy atom. The Hall–Kier alpha value is -0.157. The predicted molar refractivity (Wildman–Crippen MR) is 121 cm³/mol. The van der Waals surface area contributed by atoms with Gasteiger partial charge in [-0.3, -0.25) is 12.2 Å². The molecule has 2 aliphatic rings. The van der Waals surface area contributed by atoms with Crippen molar-refractivity contribution in [3.8, 4) is 0 Å². The Labute approximate surface area is 191 Å². The Kier molecular flexibility index (Phi) is 39.0. The van der Waals surface area contributed by atoms with Crippen LogP contribution in [0.5, 0.6) is 0 Å². The summed E-state index contributed by atoms with van der Waals surface area (Å²) in [5.41, 5.74) is 0. The van der Waals surface area contributed by atoms with Crippen LogP contribution in [0, 0.1) is 26.0 Å². The van der Waals surface area contributed by atoms with E-state index in [1.807, 2.05) is 24.3 Å². The second-order valence-corrected chi connectivity index (χ2v) is 6.54. The van der Waals surface area contributed by atoms with E-state index in [4.69, 9.17) is 0 Å². The maximum absolute atomic E-state index is 3.78. The van der Waals surface area contributed by atoms with Crippen LogP contribution in [0.4, 0.5) is 0 Å². The van der Waals surface area contributed by atoms with Crippen molar-refractivity contribution in [1.29, 1.82) is 0 Å². The summed E-state index contributed by atoms with van der Waals surface area (Å²) in [5.74, 6) is 0. The van der Waals surface area contributed by atoms with Gasteiger partial charge in [0.05, 0.1) is 0 Å². The summed E-state index contributed by atoms with van der Waals surface area (Å²) in [7, 11) is 0. The van der Waals surface area contributed by atoms with Gasteiger partial charge >= 0.3 is 26.2 Å². The van der Waals surface area contributed by atoms with Gasteiger partial charge in [-0.2, -0.15) is 25.0 Å². The molecule has 0 N–H and O–H groups in total. The third-order valence-corrected chi connectivity index (χ3v) is 3.88. The Balaban J connectivity index is -0.000000286. The largest absolute Gasteiger partial charge is 4.00 e. The first kappa shape index (κ1) is 31.5. The standard InChI is InChI=1S/2C8H17.2C5H5.Zr/c2*1-3-5-7-8-6-4-2;2*1-2-4-5-3-1;/h2*1,3-8H2,2H3;2*1-3H,4H2;/q4*-1;+4. The van der Waals surface area contributed by atoms with E-state index in [0.717, 1.165) is 25.7 Å². The van der Waals surface area contributed by atoms with Crippen molar-refractivity contribution in [3.05, 3.63) is 62.5 Å². The van der Waals surface area contributed by atoms with Crippen molar-refractivity contribution in [2.24, 2.45) is 0 Å². The van der Waals surface area contributed by atoms with Crippen LogP contribution in [0.2, 0.25) is 0 Å². The second kappa shape index (κ2) is 33.4. The molecule has 0 aromatic carbocycles. The fourth-order valence-electron chi connectivity index (χ4n) is 2.24. The van der Waals surface area contributed by atoms with Gasteiger partial charge in [0, 0.05) is 0 Å². The molecule has 0 atom stereocenters. The number of hydrogen-bond acceptors (Lipinski definition) is 0. The summed E-state index contributed by atoms with van der Waals surface area (Å²) in [5, 5.41) is 0. The minimum atomic E-state index is 0. The van der Waals surface area contributed by atoms with Gasteiger partial charge in [0.25, 0.3) is 0 Å². The molecule has 0 saturated carbocycles. The molecular formula is C26H44Zr. The van der Waals surface area contributed by atoms with Crippen LogP contribution >= 0.6 is 0 Å². The Morgan fingerprint density at radius 3 is 1.19 bits per heavy atom. The topological polar surface area (TPSA) is 0 Å². The minimum Gasteiger partial charge on any atom is -0.343 e. The van der Waals surface area contributed by atoms with Crippen molar-refractivity contribution in [3.63, 3.8) is 0 Å². The van der Waals surface area contributed by atoms with Crippen LogP contribution in [-0.4, -0.2) is 0 Å². The third-order valence-electron chi connectivity index (χ3n) is 3.88. The SMILES string of the molecule is [C-]1=CC=CC1.[C-]1=CC=CC1.[CH2-]CCCCCCC.[CH2-]CCCCCCC.[Zr+4]. The van der Waals surface area contributed by atoms with Crippen LogP contribution in [0.1, 0.15) is 104 Å². The van der Waals surface area contributed by atoms with Crippen LogP contribution in [0.25, 0.3) is 0 Å². The van der Waals surface area contributed by atoms with Crippen LogP contribution in [0.15, 0.2) is 36.5 Å². The van der Waals surface area contributed by atoms with Crippen molar-refractivity contribution in [2.45, 2.75) is 104 Å². The molecule has 0 heterocycles. The molecule has 0 bridgehead atoms. The fraction of sp³-hybridized carbons (Fsp3) is 0.615. The molecule has 0 aromatic heterocycles. The zero-order valence-corrected chi connectivity index (χ0v) is 20.7. The number of rotatable bonds is 10. The zero-order chi connectivity index (χ0) is 19.6. The number of hydrogen-bond donors (Lipinski definition) is 0. The summed E-state index contributed by atoms with van der Waals surface area (Å²) in [6.45, 7) is 12.0. The molecule has 27 heavy (non-hydrogen) atoms. The molecule has 0 saturated heterocycles. The predicted octanol–water partition coefficient (Wildman–Crippen LogP) is 8.97. The van der Waals surface area contributed by atoms with Crippen LogP contribution < -0.4 is 0 Å². The maximum Gasteiger partial charge on any atom is 4.00 e. The molecule has 1 heteroatoms. The molecule has 0 spiro atoms. The van der Waals surface area contributed by atoms with Crippen LogP contribution in [-0.2, 0) is 26.2 Å². The minimum absolute atomic E-state index is 0. The van der Waals surface area contributed by atoms with Crippen LogP contribution in [0.3, 0.4) is 0 Å². The summed E-state index contributed by atoms with van der Waals surface area (Å²) in [4.78, 5) is 0. The first-order valence-corrected chi connectivity index (χ1v) is 10.8. The molecule has 2 aliphatic carbocycles. The van der Waals surface area contributed by atoms with Gasteiger partial charge in [0.2, 0.25) is 0 Å². The summed E-state index contributed by atoms with van der Waals surface area (Å²) in [6, 6.07) is 0. The van der Waals surface area contributed by atoms with E-state index in [-0.39, 0.29) is 26.2 Å². The maximum atomic E-state index is 3.78. The number of unbranched alkanes of at least 4 members (excludes halogenated alkanes) is 10. The molecule has 2 rings (SSSR count). The van der Waals surface area contributed by atoms with Gasteiger partial charge in [-0.05, 0) is 0 Å². The monoisotopic (exact) mass is 446 g/mol. The second-order valence-electron chi connectivity index (χ2n) is 6.54. The quantitative estimate of drug-likeness (QED) is 0.231. The van der Waals surface area contributed by atoms with Crippen molar-refractivity contribution < 1.29 is 26.2 Å². The molecular weight excluding hydrogens is 404 g/mol. The van der Waals surface area contributed by atoms with Gasteiger partial charge in [-0.25, -0.2) is 24.3 Å². The van der Waals surface area contributed by atoms with Gasteiger partial charge in [0.15, 0.2) is 0 Å². The van der Waals surface area contributed by atoms with E-state index in [2.05, 4.69) is 52.0 Å². The first-order chi connectivity index (χ1) is 12.8. The van der Waals surface area contributed by atoms with Gasteiger partial charge in [-0.15, -0.1) is 12.8 Å². The van der Waals surface area contributed by atoms with Crippen molar-refractivity contribution >= 4 is 0 Å². The fourth-order valence-corrected chi connectivity index (χ4v) is 2.24. The van der Waals surface area contributed by atoms with Gasteiger partial charge in [0.1, 0.15) is 0 Å². The third kappa shape index (κ3) is 37.3. The molecule has 0 amide bonds. The number of allylic oxidation sites excluding steroid dienone is 8. The summed E-state index contributed by atoms with van der Waals surface area (Å²) < 4.78 is 0. The van der Waals surface area contributed by atoms with Crippen molar-refractivity contribution in [1.82, 2.24) is 0 Å². The molecule has 152 valence electrons. The van der Waals surface area contributed by atoms with E-state index in [9.17, 15) is 0 Å². The van der Waals surface area contributed by atoms with Crippen molar-refractivity contribution in [2.75, 3.05) is 0 Å². The van der Waals surface area contributed by atoms with E-state index in [1.165, 1.54) is 64.2 Å².